The van der Waals surface area contributed by atoms with Gasteiger partial charge in [0.1, 0.15) is 6.17 Å². The molecule has 1 N–H and O–H groups in total. The second-order valence-corrected chi connectivity index (χ2v) is 8.47. The minimum Gasteiger partial charge on any atom is -0.390 e. The summed E-state index contributed by atoms with van der Waals surface area (Å²) >= 11 is 1.80. The Labute approximate surface area is 160 Å². The second kappa shape index (κ2) is 19.0. The van der Waals surface area contributed by atoms with E-state index in [4.69, 9.17) is 4.74 Å². The molecular weight excluding hydrogens is 335 g/mol. The van der Waals surface area contributed by atoms with Crippen molar-refractivity contribution in [3.63, 3.8) is 0 Å². The van der Waals surface area contributed by atoms with Crippen molar-refractivity contribution >= 4 is 11.8 Å². The standard InChI is InChI=1S/C21H43FO2S/c1-4-6-8-10-11-13-15-25-18-21(23)17-24-19(3)16-20(22)14-12-9-7-5-2/h19-21,23H,4-18H2,1-3H3. The lowest BCUT2D eigenvalue weighted by Crippen LogP contribution is -2.24. The predicted octanol–water partition coefficient (Wildman–Crippen LogP) is 6.54. The third kappa shape index (κ3) is 18.8. The number of halogens is 1. The molecule has 25 heavy (non-hydrogen) atoms. The normalized spacial score (nSPS) is 15.2. The molecule has 3 atom stereocenters. The zero-order valence-corrected chi connectivity index (χ0v) is 17.8. The second-order valence-electron chi connectivity index (χ2n) is 7.32. The Kier molecular flexibility index (Phi) is 19.1. The molecule has 0 rings (SSSR count). The van der Waals surface area contributed by atoms with Gasteiger partial charge in [-0.2, -0.15) is 11.8 Å². The first-order valence-electron chi connectivity index (χ1n) is 10.6. The molecule has 152 valence electrons. The molecule has 0 spiro atoms. The quantitative estimate of drug-likeness (QED) is 0.259. The molecule has 0 aliphatic carbocycles. The van der Waals surface area contributed by atoms with Gasteiger partial charge in [0.25, 0.3) is 0 Å². The van der Waals surface area contributed by atoms with Gasteiger partial charge in [0.05, 0.1) is 18.8 Å². The molecule has 2 nitrogen and oxygen atoms in total. The van der Waals surface area contributed by atoms with E-state index < -0.39 is 12.3 Å². The average Bonchev–Trinajstić information content (AvgIpc) is 2.59. The van der Waals surface area contributed by atoms with Crippen LogP contribution in [0.5, 0.6) is 0 Å². The summed E-state index contributed by atoms with van der Waals surface area (Å²) in [6, 6.07) is 0. The fourth-order valence-electron chi connectivity index (χ4n) is 2.87. The number of aliphatic hydroxyl groups excluding tert-OH is 1. The maximum absolute atomic E-state index is 13.9. The summed E-state index contributed by atoms with van der Waals surface area (Å²) in [7, 11) is 0. The Morgan fingerprint density at radius 1 is 0.920 bits per heavy atom. The van der Waals surface area contributed by atoms with Crippen LogP contribution in [0.25, 0.3) is 0 Å². The molecule has 3 unspecified atom stereocenters. The SMILES string of the molecule is CCCCCCCCSCC(O)COC(C)CC(F)CCCCCC. The molecule has 0 fully saturated rings. The lowest BCUT2D eigenvalue weighted by Gasteiger charge is -2.18. The molecule has 4 heteroatoms. The van der Waals surface area contributed by atoms with Crippen LogP contribution < -0.4 is 0 Å². The lowest BCUT2D eigenvalue weighted by atomic mass is 10.1. The van der Waals surface area contributed by atoms with Crippen LogP contribution in [-0.2, 0) is 4.74 Å². The van der Waals surface area contributed by atoms with Crippen LogP contribution in [0.15, 0.2) is 0 Å². The van der Waals surface area contributed by atoms with Crippen LogP contribution in [0.3, 0.4) is 0 Å². The van der Waals surface area contributed by atoms with Gasteiger partial charge in [-0.25, -0.2) is 4.39 Å². The summed E-state index contributed by atoms with van der Waals surface area (Å²) in [6.07, 6.45) is 12.1. The molecule has 0 radical (unpaired) electrons. The van der Waals surface area contributed by atoms with Gasteiger partial charge in [-0.1, -0.05) is 71.6 Å². The van der Waals surface area contributed by atoms with E-state index in [2.05, 4.69) is 13.8 Å². The topological polar surface area (TPSA) is 29.5 Å². The summed E-state index contributed by atoms with van der Waals surface area (Å²) in [6.45, 7) is 6.64. The van der Waals surface area contributed by atoms with Crippen molar-refractivity contribution < 1.29 is 14.2 Å². The van der Waals surface area contributed by atoms with Gasteiger partial charge >= 0.3 is 0 Å². The Hall–Kier alpha value is 0.200. The Morgan fingerprint density at radius 3 is 2.20 bits per heavy atom. The van der Waals surface area contributed by atoms with Crippen molar-refractivity contribution in [1.82, 2.24) is 0 Å². The van der Waals surface area contributed by atoms with Crippen LogP contribution in [0.4, 0.5) is 4.39 Å². The molecule has 0 bridgehead atoms. The van der Waals surface area contributed by atoms with Crippen molar-refractivity contribution in [3.05, 3.63) is 0 Å². The summed E-state index contributed by atoms with van der Waals surface area (Å²) < 4.78 is 19.5. The van der Waals surface area contributed by atoms with Crippen molar-refractivity contribution in [3.8, 4) is 0 Å². The van der Waals surface area contributed by atoms with Gasteiger partial charge in [0.2, 0.25) is 0 Å². The highest BCUT2D eigenvalue weighted by Crippen LogP contribution is 2.15. The smallest absolute Gasteiger partial charge is 0.103 e. The third-order valence-electron chi connectivity index (χ3n) is 4.48. The highest BCUT2D eigenvalue weighted by atomic mass is 32.2. The average molecular weight is 379 g/mol. The van der Waals surface area contributed by atoms with Gasteiger partial charge in [-0.15, -0.1) is 0 Å². The Balaban J connectivity index is 3.46. The number of hydrogen-bond donors (Lipinski definition) is 1. The van der Waals surface area contributed by atoms with Crippen molar-refractivity contribution in [2.24, 2.45) is 0 Å². The van der Waals surface area contributed by atoms with Crippen molar-refractivity contribution in [2.45, 2.75) is 116 Å². The molecule has 0 amide bonds. The molecule has 0 aromatic heterocycles. The van der Waals surface area contributed by atoms with Crippen molar-refractivity contribution in [2.75, 3.05) is 18.1 Å². The van der Waals surface area contributed by atoms with E-state index in [0.29, 0.717) is 19.4 Å². The fourth-order valence-corrected chi connectivity index (χ4v) is 3.81. The van der Waals surface area contributed by atoms with Gasteiger partial charge in [-0.05, 0) is 25.5 Å². The highest BCUT2D eigenvalue weighted by molar-refractivity contribution is 7.99. The minimum absolute atomic E-state index is 0.112. The van der Waals surface area contributed by atoms with Crippen LogP contribution in [0.1, 0.15) is 97.8 Å². The molecule has 0 heterocycles. The zero-order valence-electron chi connectivity index (χ0n) is 17.0. The third-order valence-corrected chi connectivity index (χ3v) is 5.68. The first-order chi connectivity index (χ1) is 12.1. The van der Waals surface area contributed by atoms with E-state index in [0.717, 1.165) is 24.3 Å². The molecule has 0 aliphatic heterocycles. The number of unbranched alkanes of at least 4 members (excludes halogenated alkanes) is 8. The van der Waals surface area contributed by atoms with E-state index in [1.807, 2.05) is 6.92 Å². The maximum Gasteiger partial charge on any atom is 0.103 e. The molecule has 0 saturated heterocycles. The van der Waals surface area contributed by atoms with Crippen LogP contribution in [-0.4, -0.2) is 41.6 Å². The highest BCUT2D eigenvalue weighted by Gasteiger charge is 2.14. The summed E-state index contributed by atoms with van der Waals surface area (Å²) in [5.74, 6) is 1.83. The summed E-state index contributed by atoms with van der Waals surface area (Å²) in [5.41, 5.74) is 0. The zero-order chi connectivity index (χ0) is 18.8. The van der Waals surface area contributed by atoms with Gasteiger partial charge in [0, 0.05) is 12.2 Å². The van der Waals surface area contributed by atoms with E-state index in [1.165, 1.54) is 51.4 Å². The number of rotatable bonds is 19. The van der Waals surface area contributed by atoms with Crippen molar-refractivity contribution in [1.29, 1.82) is 0 Å². The number of hydrogen-bond acceptors (Lipinski definition) is 3. The number of ether oxygens (including phenoxy) is 1. The molecule has 0 aliphatic rings. The van der Waals surface area contributed by atoms with Crippen LogP contribution in [0.2, 0.25) is 0 Å². The number of thioether (sulfide) groups is 1. The first kappa shape index (κ1) is 25.2. The van der Waals surface area contributed by atoms with E-state index in [-0.39, 0.29) is 6.10 Å². The Morgan fingerprint density at radius 2 is 1.52 bits per heavy atom. The molecular formula is C21H43FO2S. The van der Waals surface area contributed by atoms with Gasteiger partial charge in [0.15, 0.2) is 0 Å². The van der Waals surface area contributed by atoms with E-state index in [9.17, 15) is 9.50 Å². The Bertz CT molecular complexity index is 266. The van der Waals surface area contributed by atoms with Crippen LogP contribution in [0, 0.1) is 0 Å². The minimum atomic E-state index is -0.772. The van der Waals surface area contributed by atoms with Crippen LogP contribution >= 0.6 is 11.8 Å². The first-order valence-corrected chi connectivity index (χ1v) is 11.8. The van der Waals surface area contributed by atoms with Gasteiger partial charge < -0.3 is 9.84 Å². The van der Waals surface area contributed by atoms with E-state index in [1.54, 1.807) is 11.8 Å². The maximum atomic E-state index is 13.9. The lowest BCUT2D eigenvalue weighted by molar-refractivity contribution is -0.00632. The number of alkyl halides is 1. The van der Waals surface area contributed by atoms with Gasteiger partial charge in [-0.3, -0.25) is 0 Å². The predicted molar refractivity (Wildman–Crippen MR) is 110 cm³/mol. The summed E-state index contributed by atoms with van der Waals surface area (Å²) in [4.78, 5) is 0. The van der Waals surface area contributed by atoms with E-state index >= 15 is 0 Å². The fraction of sp³-hybridized carbons (Fsp3) is 1.00. The monoisotopic (exact) mass is 378 g/mol. The number of aliphatic hydroxyl groups is 1. The molecule has 0 saturated carbocycles. The molecule has 0 aromatic rings. The largest absolute Gasteiger partial charge is 0.390 e. The summed E-state index contributed by atoms with van der Waals surface area (Å²) in [5, 5.41) is 9.97. The molecule has 0 aromatic carbocycles.